The van der Waals surface area contributed by atoms with Crippen LogP contribution in [0.2, 0.25) is 0 Å². The molecule has 0 N–H and O–H groups in total. The Morgan fingerprint density at radius 3 is 2.60 bits per heavy atom. The molecule has 0 aromatic heterocycles. The quantitative estimate of drug-likeness (QED) is 0.635. The van der Waals surface area contributed by atoms with Crippen molar-refractivity contribution < 1.29 is 14.3 Å². The number of hydrogen-bond acceptors (Lipinski definition) is 4. The highest BCUT2D eigenvalue weighted by Crippen LogP contribution is 2.34. The van der Waals surface area contributed by atoms with Crippen molar-refractivity contribution in [3.05, 3.63) is 69.0 Å². The van der Waals surface area contributed by atoms with E-state index >= 15 is 0 Å². The lowest BCUT2D eigenvalue weighted by atomic mass is 10.1. The summed E-state index contributed by atoms with van der Waals surface area (Å²) in [5.41, 5.74) is 1.81. The van der Waals surface area contributed by atoms with Crippen LogP contribution in [0.1, 0.15) is 18.1 Å². The second-order valence-electron chi connectivity index (χ2n) is 5.38. The number of ether oxygens (including phenoxy) is 1. The topological polar surface area (TPSA) is 46.6 Å². The second-order valence-corrected chi connectivity index (χ2v) is 7.29. The van der Waals surface area contributed by atoms with Gasteiger partial charge in [0.05, 0.1) is 4.91 Å². The molecule has 1 aliphatic heterocycles. The first-order valence-electron chi connectivity index (χ1n) is 7.80. The first kappa shape index (κ1) is 17.8. The summed E-state index contributed by atoms with van der Waals surface area (Å²) < 4.78 is 6.79. The van der Waals surface area contributed by atoms with Crippen molar-refractivity contribution in [2.75, 3.05) is 6.54 Å². The van der Waals surface area contributed by atoms with Gasteiger partial charge in [-0.05, 0) is 48.5 Å². The summed E-state index contributed by atoms with van der Waals surface area (Å²) in [5.74, 6) is 0.404. The van der Waals surface area contributed by atoms with Crippen LogP contribution >= 0.6 is 27.7 Å². The highest BCUT2D eigenvalue weighted by Gasteiger charge is 2.33. The zero-order valence-corrected chi connectivity index (χ0v) is 16.0. The minimum absolute atomic E-state index is 0.236. The van der Waals surface area contributed by atoms with E-state index in [1.165, 1.54) is 4.90 Å². The fourth-order valence-electron chi connectivity index (χ4n) is 2.41. The van der Waals surface area contributed by atoms with Crippen LogP contribution in [-0.4, -0.2) is 22.6 Å². The Kier molecular flexibility index (Phi) is 5.60. The zero-order chi connectivity index (χ0) is 17.8. The fourth-order valence-corrected chi connectivity index (χ4v) is 3.69. The monoisotopic (exact) mass is 417 g/mol. The zero-order valence-electron chi connectivity index (χ0n) is 13.6. The maximum atomic E-state index is 12.3. The number of thioether (sulfide) groups is 1. The Balaban J connectivity index is 1.86. The van der Waals surface area contributed by atoms with Crippen molar-refractivity contribution in [2.45, 2.75) is 13.5 Å². The van der Waals surface area contributed by atoms with Crippen LogP contribution in [-0.2, 0) is 11.4 Å². The molecule has 1 fully saturated rings. The van der Waals surface area contributed by atoms with E-state index in [1.54, 1.807) is 13.0 Å². The SMILES string of the molecule is CCN1C(=O)S/C(=C\c2cc(Br)ccc2OCc2ccccc2)C1=O. The van der Waals surface area contributed by atoms with Gasteiger partial charge in [0.15, 0.2) is 0 Å². The number of carbonyl (C=O) groups excluding carboxylic acids is 2. The van der Waals surface area contributed by atoms with Gasteiger partial charge in [0.25, 0.3) is 11.1 Å². The largest absolute Gasteiger partial charge is 0.488 e. The Morgan fingerprint density at radius 2 is 1.92 bits per heavy atom. The first-order valence-corrected chi connectivity index (χ1v) is 9.41. The molecule has 3 rings (SSSR count). The Bertz CT molecular complexity index is 836. The summed E-state index contributed by atoms with van der Waals surface area (Å²) in [6.45, 7) is 2.59. The molecule has 0 unspecified atom stereocenters. The number of hydrogen-bond donors (Lipinski definition) is 0. The molecule has 2 amide bonds. The molecule has 128 valence electrons. The molecule has 0 aliphatic carbocycles. The van der Waals surface area contributed by atoms with E-state index in [2.05, 4.69) is 15.9 Å². The van der Waals surface area contributed by atoms with Gasteiger partial charge in [0, 0.05) is 16.6 Å². The van der Waals surface area contributed by atoms with Crippen LogP contribution < -0.4 is 4.74 Å². The molecule has 25 heavy (non-hydrogen) atoms. The van der Waals surface area contributed by atoms with Gasteiger partial charge in [-0.1, -0.05) is 46.3 Å². The summed E-state index contributed by atoms with van der Waals surface area (Å²) in [4.78, 5) is 25.8. The van der Waals surface area contributed by atoms with Gasteiger partial charge in [-0.3, -0.25) is 14.5 Å². The van der Waals surface area contributed by atoms with Crippen molar-refractivity contribution in [1.82, 2.24) is 4.90 Å². The molecule has 0 bridgehead atoms. The Labute approximate surface area is 159 Å². The number of amides is 2. The molecule has 0 atom stereocenters. The minimum atomic E-state index is -0.258. The molecule has 2 aromatic rings. The normalized spacial score (nSPS) is 15.9. The summed E-state index contributed by atoms with van der Waals surface area (Å²) in [7, 11) is 0. The molecule has 6 heteroatoms. The van der Waals surface area contributed by atoms with E-state index < -0.39 is 0 Å². The maximum Gasteiger partial charge on any atom is 0.293 e. The van der Waals surface area contributed by atoms with Crippen molar-refractivity contribution in [2.24, 2.45) is 0 Å². The van der Waals surface area contributed by atoms with Gasteiger partial charge in [0.1, 0.15) is 12.4 Å². The lowest BCUT2D eigenvalue weighted by molar-refractivity contribution is -0.122. The summed E-state index contributed by atoms with van der Waals surface area (Å²) in [5, 5.41) is -0.236. The van der Waals surface area contributed by atoms with Crippen LogP contribution in [0, 0.1) is 0 Å². The van der Waals surface area contributed by atoms with E-state index in [0.717, 1.165) is 27.4 Å². The number of imide groups is 1. The number of benzene rings is 2. The number of likely N-dealkylation sites (N-methyl/N-ethyl adjacent to an activating group) is 1. The molecule has 1 saturated heterocycles. The standard InChI is InChI=1S/C19H16BrNO3S/c1-2-21-18(22)17(25-19(21)23)11-14-10-15(20)8-9-16(14)24-12-13-6-4-3-5-7-13/h3-11H,2,12H2,1H3/b17-11-. The third-order valence-corrected chi connectivity index (χ3v) is 5.09. The van der Waals surface area contributed by atoms with Crippen molar-refractivity contribution in [1.29, 1.82) is 0 Å². The summed E-state index contributed by atoms with van der Waals surface area (Å²) in [6.07, 6.45) is 1.71. The van der Waals surface area contributed by atoms with E-state index in [1.807, 2.05) is 48.5 Å². The average Bonchev–Trinajstić information content (AvgIpc) is 2.88. The number of nitrogens with zero attached hydrogens (tertiary/aromatic N) is 1. The van der Waals surface area contributed by atoms with Crippen molar-refractivity contribution in [3.63, 3.8) is 0 Å². The molecule has 1 aliphatic rings. The number of carbonyl (C=O) groups is 2. The average molecular weight is 418 g/mol. The second kappa shape index (κ2) is 7.89. The number of halogens is 1. The van der Waals surface area contributed by atoms with Gasteiger partial charge in [-0.2, -0.15) is 0 Å². The lowest BCUT2D eigenvalue weighted by Gasteiger charge is -2.11. The lowest BCUT2D eigenvalue weighted by Crippen LogP contribution is -2.27. The van der Waals surface area contributed by atoms with Crippen molar-refractivity contribution >= 4 is 44.9 Å². The number of rotatable bonds is 5. The molecule has 0 radical (unpaired) electrons. The Morgan fingerprint density at radius 1 is 1.16 bits per heavy atom. The smallest absolute Gasteiger partial charge is 0.293 e. The highest BCUT2D eigenvalue weighted by molar-refractivity contribution is 9.10. The molecule has 0 spiro atoms. The first-order chi connectivity index (χ1) is 12.1. The van der Waals surface area contributed by atoms with Crippen LogP contribution in [0.3, 0.4) is 0 Å². The third-order valence-electron chi connectivity index (χ3n) is 3.69. The van der Waals surface area contributed by atoms with Gasteiger partial charge >= 0.3 is 0 Å². The fraction of sp³-hybridized carbons (Fsp3) is 0.158. The molecular formula is C19H16BrNO3S. The minimum Gasteiger partial charge on any atom is -0.488 e. The summed E-state index contributed by atoms with van der Waals surface area (Å²) >= 11 is 4.40. The third kappa shape index (κ3) is 4.14. The van der Waals surface area contributed by atoms with E-state index in [0.29, 0.717) is 23.8 Å². The van der Waals surface area contributed by atoms with Gasteiger partial charge in [-0.15, -0.1) is 0 Å². The van der Waals surface area contributed by atoms with Crippen LogP contribution in [0.4, 0.5) is 4.79 Å². The molecule has 4 nitrogen and oxygen atoms in total. The highest BCUT2D eigenvalue weighted by atomic mass is 79.9. The van der Waals surface area contributed by atoms with Crippen LogP contribution in [0.5, 0.6) is 5.75 Å². The predicted octanol–water partition coefficient (Wildman–Crippen LogP) is 5.08. The molecule has 0 saturated carbocycles. The van der Waals surface area contributed by atoms with E-state index in [9.17, 15) is 9.59 Å². The van der Waals surface area contributed by atoms with Gasteiger partial charge in [-0.25, -0.2) is 0 Å². The van der Waals surface area contributed by atoms with Gasteiger partial charge < -0.3 is 4.74 Å². The molecular weight excluding hydrogens is 402 g/mol. The van der Waals surface area contributed by atoms with Gasteiger partial charge in [0.2, 0.25) is 0 Å². The molecule has 1 heterocycles. The Hall–Kier alpha value is -2.05. The molecule has 2 aromatic carbocycles. The van der Waals surface area contributed by atoms with Crippen LogP contribution in [0.15, 0.2) is 57.9 Å². The van der Waals surface area contributed by atoms with E-state index in [-0.39, 0.29) is 11.1 Å². The van der Waals surface area contributed by atoms with Crippen LogP contribution in [0.25, 0.3) is 6.08 Å². The van der Waals surface area contributed by atoms with Crippen molar-refractivity contribution in [3.8, 4) is 5.75 Å². The van der Waals surface area contributed by atoms with E-state index in [4.69, 9.17) is 4.74 Å². The maximum absolute atomic E-state index is 12.3. The summed E-state index contributed by atoms with van der Waals surface area (Å²) in [6, 6.07) is 15.5. The predicted molar refractivity (Wildman–Crippen MR) is 103 cm³/mol.